The number of pyridine rings is 1. The van der Waals surface area contributed by atoms with Gasteiger partial charge in [0.05, 0.1) is 0 Å². The van der Waals surface area contributed by atoms with Crippen LogP contribution in [0.4, 0.5) is 0 Å². The van der Waals surface area contributed by atoms with E-state index in [4.69, 9.17) is 0 Å². The van der Waals surface area contributed by atoms with Gasteiger partial charge in [0.2, 0.25) is 0 Å². The zero-order chi connectivity index (χ0) is 41.2. The van der Waals surface area contributed by atoms with Gasteiger partial charge in [0, 0.05) is 18.0 Å². The Labute approximate surface area is 362 Å². The first kappa shape index (κ1) is 36.9. The molecule has 11 rings (SSSR count). The van der Waals surface area contributed by atoms with Crippen molar-refractivity contribution in [2.75, 3.05) is 0 Å². The number of fused-ring (bicyclic) bond motifs is 3. The van der Waals surface area contributed by atoms with E-state index in [0.29, 0.717) is 0 Å². The van der Waals surface area contributed by atoms with Gasteiger partial charge in [-0.3, -0.25) is 4.98 Å². The average molecular weight is 788 g/mol. The molecule has 0 amide bonds. The zero-order valence-corrected chi connectivity index (χ0v) is 34.1. The molecule has 0 aliphatic heterocycles. The molecule has 0 aliphatic carbocycles. The number of benzene rings is 10. The second-order valence-corrected chi connectivity index (χ2v) is 15.9. The summed E-state index contributed by atoms with van der Waals surface area (Å²) in [5, 5.41) is 4.96. The fraction of sp³-hybridized carbons (Fsp3) is 0. The van der Waals surface area contributed by atoms with Crippen LogP contribution in [0.25, 0.3) is 111 Å². The van der Waals surface area contributed by atoms with Crippen molar-refractivity contribution in [2.45, 2.75) is 0 Å². The molecule has 10 aromatic carbocycles. The fourth-order valence-corrected chi connectivity index (χ4v) is 9.17. The summed E-state index contributed by atoms with van der Waals surface area (Å²) in [6.45, 7) is 0. The van der Waals surface area contributed by atoms with Gasteiger partial charge in [-0.1, -0.05) is 200 Å². The molecule has 1 heteroatoms. The van der Waals surface area contributed by atoms with Crippen LogP contribution in [0.15, 0.2) is 249 Å². The minimum absolute atomic E-state index is 1.12. The van der Waals surface area contributed by atoms with Gasteiger partial charge < -0.3 is 0 Å². The Balaban J connectivity index is 1.05. The number of hydrogen-bond acceptors (Lipinski definition) is 1. The zero-order valence-electron chi connectivity index (χ0n) is 34.1. The summed E-state index contributed by atoms with van der Waals surface area (Å²) in [7, 11) is 0. The van der Waals surface area contributed by atoms with E-state index in [-0.39, 0.29) is 0 Å². The Kier molecular flexibility index (Phi) is 9.61. The molecule has 0 bridgehead atoms. The smallest absolute Gasteiger partial charge is 0.0346 e. The second-order valence-electron chi connectivity index (χ2n) is 15.9. The predicted octanol–water partition coefficient (Wildman–Crippen LogP) is 16.7. The van der Waals surface area contributed by atoms with Gasteiger partial charge in [-0.15, -0.1) is 0 Å². The van der Waals surface area contributed by atoms with E-state index in [1.54, 1.807) is 0 Å². The van der Waals surface area contributed by atoms with Crippen LogP contribution in [0.1, 0.15) is 0 Å². The third-order valence-electron chi connectivity index (χ3n) is 12.1. The highest BCUT2D eigenvalue weighted by molar-refractivity contribution is 6.10. The lowest BCUT2D eigenvalue weighted by Gasteiger charge is -2.24. The highest BCUT2D eigenvalue weighted by atomic mass is 14.6. The molecule has 0 aliphatic rings. The van der Waals surface area contributed by atoms with Crippen molar-refractivity contribution in [3.63, 3.8) is 0 Å². The fourth-order valence-electron chi connectivity index (χ4n) is 9.17. The van der Waals surface area contributed by atoms with Gasteiger partial charge in [-0.25, -0.2) is 0 Å². The molecule has 1 aromatic heterocycles. The van der Waals surface area contributed by atoms with E-state index in [2.05, 4.69) is 236 Å². The van der Waals surface area contributed by atoms with Crippen LogP contribution in [0.2, 0.25) is 0 Å². The lowest BCUT2D eigenvalue weighted by Crippen LogP contribution is -1.98. The Morgan fingerprint density at radius 3 is 1.11 bits per heavy atom. The van der Waals surface area contributed by atoms with Crippen LogP contribution in [-0.4, -0.2) is 4.98 Å². The summed E-state index contributed by atoms with van der Waals surface area (Å²) in [5.41, 5.74) is 19.1. The molecule has 1 nitrogen and oxygen atoms in total. The first-order valence-corrected chi connectivity index (χ1v) is 21.3. The lowest BCUT2D eigenvalue weighted by atomic mass is 9.78. The Bertz CT molecular complexity index is 3360. The monoisotopic (exact) mass is 787 g/mol. The largest absolute Gasteiger partial charge is 0.264 e. The SMILES string of the molecule is c1ccc(-c2cc(-c3cccc(-c4ccc5c(ccc6cc(-c7cccc(-c8cccnc8)c7)ccc65)c4)c3)c(-c3ccccc3)c(-c3ccccc3)c2-c2ccccc2)cc1. The van der Waals surface area contributed by atoms with Crippen molar-refractivity contribution in [3.8, 4) is 89.0 Å². The van der Waals surface area contributed by atoms with Crippen molar-refractivity contribution in [2.24, 2.45) is 0 Å². The molecule has 0 saturated carbocycles. The highest BCUT2D eigenvalue weighted by Gasteiger charge is 2.24. The molecule has 11 aromatic rings. The molecule has 1 heterocycles. The standard InChI is InChI=1S/C61H41N/c1-5-16-42(17-6-1)57-40-58(60(44-20-9-3-10-21-44)61(45-22-11-4-12-23-45)59(57)43-18-7-2-8-19-43)51-27-14-25-47(37-51)50-32-34-56-53(39-50)30-29-52-38-49(31-33-55(52)56)46-24-13-26-48(36-46)54-28-15-35-62-41-54/h1-41H. The van der Waals surface area contributed by atoms with Gasteiger partial charge >= 0.3 is 0 Å². The highest BCUT2D eigenvalue weighted by Crippen LogP contribution is 2.50. The molecule has 0 spiro atoms. The van der Waals surface area contributed by atoms with E-state index in [1.807, 2.05) is 18.5 Å². The molecule has 0 unspecified atom stereocenters. The van der Waals surface area contributed by atoms with Crippen LogP contribution in [0.3, 0.4) is 0 Å². The topological polar surface area (TPSA) is 12.9 Å². The molecule has 62 heavy (non-hydrogen) atoms. The van der Waals surface area contributed by atoms with Gasteiger partial charge in [-0.05, 0) is 141 Å². The summed E-state index contributed by atoms with van der Waals surface area (Å²) in [6, 6.07) is 86.2. The van der Waals surface area contributed by atoms with Gasteiger partial charge in [-0.2, -0.15) is 0 Å². The predicted molar refractivity (Wildman–Crippen MR) is 263 cm³/mol. The molecular weight excluding hydrogens is 747 g/mol. The van der Waals surface area contributed by atoms with Crippen LogP contribution in [-0.2, 0) is 0 Å². The number of rotatable bonds is 8. The molecule has 0 N–H and O–H groups in total. The third kappa shape index (κ3) is 6.96. The molecule has 290 valence electrons. The van der Waals surface area contributed by atoms with Gasteiger partial charge in [0.25, 0.3) is 0 Å². The number of hydrogen-bond donors (Lipinski definition) is 0. The summed E-state index contributed by atoms with van der Waals surface area (Å²) in [5.74, 6) is 0. The molecule has 0 fully saturated rings. The minimum atomic E-state index is 1.12. The molecule has 0 atom stereocenters. The van der Waals surface area contributed by atoms with Crippen LogP contribution < -0.4 is 0 Å². The van der Waals surface area contributed by atoms with E-state index < -0.39 is 0 Å². The maximum Gasteiger partial charge on any atom is 0.0346 e. The normalized spacial score (nSPS) is 11.2. The van der Waals surface area contributed by atoms with Crippen molar-refractivity contribution in [1.29, 1.82) is 0 Å². The second kappa shape index (κ2) is 16.1. The first-order chi connectivity index (χ1) is 30.7. The van der Waals surface area contributed by atoms with Crippen LogP contribution in [0, 0.1) is 0 Å². The summed E-state index contributed by atoms with van der Waals surface area (Å²) < 4.78 is 0. The Morgan fingerprint density at radius 1 is 0.226 bits per heavy atom. The lowest BCUT2D eigenvalue weighted by molar-refractivity contribution is 1.33. The summed E-state index contributed by atoms with van der Waals surface area (Å²) >= 11 is 0. The quantitative estimate of drug-likeness (QED) is 0.140. The number of nitrogens with zero attached hydrogens (tertiary/aromatic N) is 1. The van der Waals surface area contributed by atoms with Crippen molar-refractivity contribution in [3.05, 3.63) is 249 Å². The van der Waals surface area contributed by atoms with Crippen LogP contribution >= 0.6 is 0 Å². The summed E-state index contributed by atoms with van der Waals surface area (Å²) in [6.07, 6.45) is 3.74. The molecular formula is C61H41N. The first-order valence-electron chi connectivity index (χ1n) is 21.3. The van der Waals surface area contributed by atoms with Crippen molar-refractivity contribution < 1.29 is 0 Å². The maximum atomic E-state index is 4.33. The maximum absolute atomic E-state index is 4.33. The van der Waals surface area contributed by atoms with Gasteiger partial charge in [0.1, 0.15) is 0 Å². The number of aromatic nitrogens is 1. The molecule has 0 radical (unpaired) electrons. The third-order valence-corrected chi connectivity index (χ3v) is 12.1. The minimum Gasteiger partial charge on any atom is -0.264 e. The van der Waals surface area contributed by atoms with E-state index >= 15 is 0 Å². The summed E-state index contributed by atoms with van der Waals surface area (Å²) in [4.78, 5) is 4.33. The average Bonchev–Trinajstić information content (AvgIpc) is 3.36. The van der Waals surface area contributed by atoms with E-state index in [0.717, 1.165) is 5.56 Å². The molecule has 0 saturated heterocycles. The van der Waals surface area contributed by atoms with E-state index in [9.17, 15) is 0 Å². The van der Waals surface area contributed by atoms with Gasteiger partial charge in [0.15, 0.2) is 0 Å². The Morgan fingerprint density at radius 2 is 0.613 bits per heavy atom. The Hall–Kier alpha value is -8.13. The van der Waals surface area contributed by atoms with Crippen LogP contribution in [0.5, 0.6) is 0 Å². The van der Waals surface area contributed by atoms with E-state index in [1.165, 1.54) is 105 Å². The van der Waals surface area contributed by atoms with Crippen molar-refractivity contribution >= 4 is 21.5 Å². The van der Waals surface area contributed by atoms with Crippen molar-refractivity contribution in [1.82, 2.24) is 4.98 Å².